The van der Waals surface area contributed by atoms with E-state index in [1.807, 2.05) is 20.8 Å². The first-order valence-electron chi connectivity index (χ1n) is 6.50. The van der Waals surface area contributed by atoms with Crippen molar-refractivity contribution in [1.82, 2.24) is 0 Å². The highest BCUT2D eigenvalue weighted by atomic mass is 32.2. The average molecular weight is 306 g/mol. The zero-order valence-electron chi connectivity index (χ0n) is 12.2. The van der Waals surface area contributed by atoms with E-state index in [1.54, 1.807) is 18.2 Å². The minimum absolute atomic E-state index is 0.0748. The molecule has 0 aromatic heterocycles. The molecule has 2 N–H and O–H groups in total. The molecule has 0 bridgehead atoms. The summed E-state index contributed by atoms with van der Waals surface area (Å²) in [6.07, 6.45) is 0. The second kappa shape index (κ2) is 5.07. The molecule has 0 unspecified atom stereocenters. The predicted molar refractivity (Wildman–Crippen MR) is 80.4 cm³/mol. The van der Waals surface area contributed by atoms with Crippen LogP contribution in [0, 0.1) is 0 Å². The molecule has 0 heterocycles. The van der Waals surface area contributed by atoms with Crippen molar-refractivity contribution >= 4 is 9.84 Å². The summed E-state index contributed by atoms with van der Waals surface area (Å²) in [4.78, 5) is -0.204. The molecule has 2 aromatic carbocycles. The summed E-state index contributed by atoms with van der Waals surface area (Å²) >= 11 is 0. The molecular weight excluding hydrogens is 288 g/mol. The average Bonchev–Trinajstić information content (AvgIpc) is 2.40. The zero-order chi connectivity index (χ0) is 15.8. The topological polar surface area (TPSA) is 74.6 Å². The van der Waals surface area contributed by atoms with Gasteiger partial charge in [0.15, 0.2) is 0 Å². The maximum absolute atomic E-state index is 12.6. The fraction of sp³-hybridized carbons (Fsp3) is 0.250. The number of hydrogen-bond donors (Lipinski definition) is 2. The van der Waals surface area contributed by atoms with Crippen LogP contribution in [-0.2, 0) is 15.3 Å². The molecule has 0 saturated carbocycles. The highest BCUT2D eigenvalue weighted by Crippen LogP contribution is 2.40. The SMILES string of the molecule is CC(C)(C)c1cc(O)cc(S(=O)(=O)c2ccccc2)c1O. The van der Waals surface area contributed by atoms with Gasteiger partial charge < -0.3 is 10.2 Å². The summed E-state index contributed by atoms with van der Waals surface area (Å²) in [6, 6.07) is 10.3. The molecule has 112 valence electrons. The number of sulfone groups is 1. The van der Waals surface area contributed by atoms with Crippen molar-refractivity contribution in [3.05, 3.63) is 48.0 Å². The first kappa shape index (κ1) is 15.4. The monoisotopic (exact) mass is 306 g/mol. The summed E-state index contributed by atoms with van der Waals surface area (Å²) < 4.78 is 25.2. The van der Waals surface area contributed by atoms with Gasteiger partial charge in [-0.2, -0.15) is 0 Å². The molecular formula is C16H18O4S. The van der Waals surface area contributed by atoms with E-state index in [2.05, 4.69) is 0 Å². The molecule has 4 nitrogen and oxygen atoms in total. The fourth-order valence-electron chi connectivity index (χ4n) is 2.10. The number of phenols is 2. The number of hydrogen-bond acceptors (Lipinski definition) is 4. The Morgan fingerprint density at radius 1 is 0.952 bits per heavy atom. The quantitative estimate of drug-likeness (QED) is 0.835. The lowest BCUT2D eigenvalue weighted by Crippen LogP contribution is -2.13. The van der Waals surface area contributed by atoms with Gasteiger partial charge in [0.1, 0.15) is 16.4 Å². The Bertz CT molecular complexity index is 757. The Morgan fingerprint density at radius 2 is 1.52 bits per heavy atom. The third kappa shape index (κ3) is 2.88. The molecule has 2 rings (SSSR count). The summed E-state index contributed by atoms with van der Waals surface area (Å²) in [5.74, 6) is -0.503. The lowest BCUT2D eigenvalue weighted by molar-refractivity contribution is 0.420. The van der Waals surface area contributed by atoms with Crippen LogP contribution in [0.4, 0.5) is 0 Å². The molecule has 0 aliphatic carbocycles. The minimum Gasteiger partial charge on any atom is -0.508 e. The van der Waals surface area contributed by atoms with E-state index in [0.717, 1.165) is 6.07 Å². The van der Waals surface area contributed by atoms with Crippen molar-refractivity contribution in [2.24, 2.45) is 0 Å². The minimum atomic E-state index is -3.88. The van der Waals surface area contributed by atoms with Gasteiger partial charge in [-0.1, -0.05) is 39.0 Å². The Morgan fingerprint density at radius 3 is 2.05 bits per heavy atom. The maximum atomic E-state index is 12.6. The van der Waals surface area contributed by atoms with Gasteiger partial charge in [-0.15, -0.1) is 0 Å². The lowest BCUT2D eigenvalue weighted by atomic mass is 9.86. The van der Waals surface area contributed by atoms with Crippen molar-refractivity contribution in [2.75, 3.05) is 0 Å². The Labute approximate surface area is 124 Å². The molecule has 0 aliphatic heterocycles. The predicted octanol–water partition coefficient (Wildman–Crippen LogP) is 3.23. The van der Waals surface area contributed by atoms with Crippen LogP contribution in [0.15, 0.2) is 52.3 Å². The third-order valence-electron chi connectivity index (χ3n) is 3.21. The van der Waals surface area contributed by atoms with E-state index in [1.165, 1.54) is 18.2 Å². The smallest absolute Gasteiger partial charge is 0.210 e. The normalized spacial score (nSPS) is 12.3. The van der Waals surface area contributed by atoms with Gasteiger partial charge in [0, 0.05) is 11.6 Å². The summed E-state index contributed by atoms with van der Waals surface area (Å²) in [7, 11) is -3.88. The molecule has 0 aliphatic rings. The van der Waals surface area contributed by atoms with Crippen LogP contribution in [0.1, 0.15) is 26.3 Å². The van der Waals surface area contributed by atoms with Crippen molar-refractivity contribution in [3.8, 4) is 11.5 Å². The van der Waals surface area contributed by atoms with Crippen LogP contribution in [0.5, 0.6) is 11.5 Å². The van der Waals surface area contributed by atoms with Gasteiger partial charge in [-0.3, -0.25) is 0 Å². The maximum Gasteiger partial charge on any atom is 0.210 e. The van der Waals surface area contributed by atoms with Crippen LogP contribution < -0.4 is 0 Å². The van der Waals surface area contributed by atoms with Crippen LogP contribution >= 0.6 is 0 Å². The van der Waals surface area contributed by atoms with Crippen molar-refractivity contribution in [2.45, 2.75) is 36.0 Å². The van der Waals surface area contributed by atoms with E-state index >= 15 is 0 Å². The van der Waals surface area contributed by atoms with Crippen molar-refractivity contribution in [1.29, 1.82) is 0 Å². The van der Waals surface area contributed by atoms with E-state index in [9.17, 15) is 18.6 Å². The van der Waals surface area contributed by atoms with Gasteiger partial charge in [0.05, 0.1) is 4.90 Å². The van der Waals surface area contributed by atoms with E-state index < -0.39 is 15.3 Å². The standard InChI is InChI=1S/C16H18O4S/c1-16(2,3)13-9-11(17)10-14(15(13)18)21(19,20)12-7-5-4-6-8-12/h4-10,17-18H,1-3H3. The Hall–Kier alpha value is -2.01. The molecule has 21 heavy (non-hydrogen) atoms. The van der Waals surface area contributed by atoms with Gasteiger partial charge in [-0.05, 0) is 23.6 Å². The van der Waals surface area contributed by atoms with Crippen molar-refractivity contribution < 1.29 is 18.6 Å². The van der Waals surface area contributed by atoms with Crippen molar-refractivity contribution in [3.63, 3.8) is 0 Å². The summed E-state index contributed by atoms with van der Waals surface area (Å²) in [5, 5.41) is 20.2. The molecule has 0 atom stereocenters. The Kier molecular flexibility index (Phi) is 3.72. The molecule has 0 saturated heterocycles. The molecule has 0 radical (unpaired) electrons. The van der Waals surface area contributed by atoms with Crippen LogP contribution in [-0.4, -0.2) is 18.6 Å². The molecule has 0 amide bonds. The number of phenolic OH excluding ortho intramolecular Hbond substituents is 2. The summed E-state index contributed by atoms with van der Waals surface area (Å²) in [6.45, 7) is 5.50. The molecule has 0 spiro atoms. The largest absolute Gasteiger partial charge is 0.508 e. The van der Waals surface area contributed by atoms with Gasteiger partial charge >= 0.3 is 0 Å². The number of rotatable bonds is 2. The van der Waals surface area contributed by atoms with E-state index in [4.69, 9.17) is 0 Å². The van der Waals surface area contributed by atoms with E-state index in [-0.39, 0.29) is 21.3 Å². The fourth-order valence-corrected chi connectivity index (χ4v) is 3.51. The highest BCUT2D eigenvalue weighted by molar-refractivity contribution is 7.91. The second-order valence-corrected chi connectivity index (χ2v) is 7.82. The third-order valence-corrected chi connectivity index (χ3v) is 4.99. The van der Waals surface area contributed by atoms with Crippen LogP contribution in [0.2, 0.25) is 0 Å². The number of benzene rings is 2. The Balaban J connectivity index is 2.74. The van der Waals surface area contributed by atoms with Gasteiger partial charge in [0.25, 0.3) is 0 Å². The highest BCUT2D eigenvalue weighted by Gasteiger charge is 2.28. The molecule has 5 heteroatoms. The second-order valence-electron chi connectivity index (χ2n) is 5.91. The number of aromatic hydroxyl groups is 2. The van der Waals surface area contributed by atoms with Crippen LogP contribution in [0.25, 0.3) is 0 Å². The zero-order valence-corrected chi connectivity index (χ0v) is 13.0. The van der Waals surface area contributed by atoms with Gasteiger partial charge in [-0.25, -0.2) is 8.42 Å². The lowest BCUT2D eigenvalue weighted by Gasteiger charge is -2.22. The first-order valence-corrected chi connectivity index (χ1v) is 7.99. The molecule has 2 aromatic rings. The van der Waals surface area contributed by atoms with Crippen LogP contribution in [0.3, 0.4) is 0 Å². The first-order chi connectivity index (χ1) is 9.64. The summed E-state index contributed by atoms with van der Waals surface area (Å²) in [5.41, 5.74) is -0.110. The molecule has 0 fully saturated rings. The van der Waals surface area contributed by atoms with Gasteiger partial charge in [0.2, 0.25) is 9.84 Å². The van der Waals surface area contributed by atoms with E-state index in [0.29, 0.717) is 5.56 Å².